The van der Waals surface area contributed by atoms with Gasteiger partial charge in [0.05, 0.1) is 5.75 Å². The lowest BCUT2D eigenvalue weighted by atomic mass is 10.1. The number of benzene rings is 1. The topological polar surface area (TPSA) is 49.4 Å². The molecule has 0 amide bonds. The number of hydrogen-bond donors (Lipinski definition) is 1. The van der Waals surface area contributed by atoms with E-state index in [9.17, 15) is 12.8 Å². The summed E-state index contributed by atoms with van der Waals surface area (Å²) < 4.78 is 39.3. The van der Waals surface area contributed by atoms with Gasteiger partial charge in [-0.25, -0.2) is 12.8 Å². The second-order valence-electron chi connectivity index (χ2n) is 5.27. The average Bonchev–Trinajstić information content (AvgIpc) is 2.93. The maximum absolute atomic E-state index is 12.8. The van der Waals surface area contributed by atoms with E-state index in [2.05, 4.69) is 5.32 Å². The van der Waals surface area contributed by atoms with Crippen LogP contribution < -0.4 is 5.32 Å². The minimum Gasteiger partial charge on any atom is -0.315 e. The molecule has 2 aliphatic rings. The van der Waals surface area contributed by atoms with Crippen molar-refractivity contribution in [3.05, 3.63) is 35.6 Å². The molecule has 0 aromatic heterocycles. The molecule has 2 atom stereocenters. The zero-order valence-corrected chi connectivity index (χ0v) is 11.4. The first-order valence-corrected chi connectivity index (χ1v) is 8.12. The molecule has 1 aromatic rings. The van der Waals surface area contributed by atoms with Gasteiger partial charge in [0, 0.05) is 19.1 Å². The molecule has 1 aromatic carbocycles. The highest BCUT2D eigenvalue weighted by molar-refractivity contribution is 7.88. The summed E-state index contributed by atoms with van der Waals surface area (Å²) in [5.41, 5.74) is 0.635. The normalized spacial score (nSPS) is 27.6. The Bertz CT molecular complexity index is 559. The van der Waals surface area contributed by atoms with Crippen LogP contribution in [0.2, 0.25) is 0 Å². The van der Waals surface area contributed by atoms with Crippen LogP contribution in [0.25, 0.3) is 0 Å². The zero-order chi connectivity index (χ0) is 13.5. The summed E-state index contributed by atoms with van der Waals surface area (Å²) >= 11 is 0. The molecular weight excluding hydrogens is 267 g/mol. The predicted octanol–water partition coefficient (Wildman–Crippen LogP) is 0.949. The van der Waals surface area contributed by atoms with Gasteiger partial charge in [0.25, 0.3) is 0 Å². The lowest BCUT2D eigenvalue weighted by Crippen LogP contribution is -2.39. The Labute approximate surface area is 112 Å². The molecule has 104 valence electrons. The van der Waals surface area contributed by atoms with E-state index in [1.165, 1.54) is 24.3 Å². The summed E-state index contributed by atoms with van der Waals surface area (Å²) in [6.07, 6.45) is 0.931. The van der Waals surface area contributed by atoms with Crippen molar-refractivity contribution in [2.24, 2.45) is 5.92 Å². The molecule has 6 heteroatoms. The van der Waals surface area contributed by atoms with Crippen LogP contribution in [0.4, 0.5) is 4.39 Å². The van der Waals surface area contributed by atoms with Gasteiger partial charge in [-0.05, 0) is 36.6 Å². The van der Waals surface area contributed by atoms with Crippen molar-refractivity contribution in [3.8, 4) is 0 Å². The number of nitrogens with one attached hydrogen (secondary N) is 1. The van der Waals surface area contributed by atoms with E-state index in [-0.39, 0.29) is 17.6 Å². The monoisotopic (exact) mass is 284 g/mol. The van der Waals surface area contributed by atoms with Gasteiger partial charge in [0.2, 0.25) is 10.0 Å². The van der Waals surface area contributed by atoms with Gasteiger partial charge in [0.15, 0.2) is 0 Å². The minimum absolute atomic E-state index is 0.0451. The van der Waals surface area contributed by atoms with E-state index in [0.29, 0.717) is 18.0 Å². The van der Waals surface area contributed by atoms with Crippen LogP contribution in [0.1, 0.15) is 12.0 Å². The molecular formula is C13H17FN2O2S. The van der Waals surface area contributed by atoms with E-state index in [1.54, 1.807) is 4.31 Å². The Kier molecular flexibility index (Phi) is 3.32. The standard InChI is InChI=1S/C13H17FN2O2S/c14-12-3-1-10(2-4-12)9-19(17,18)16-6-5-11-7-15-8-13(11)16/h1-4,11,13,15H,5-9H2/t11-,13+/m0/s1. The van der Waals surface area contributed by atoms with E-state index in [4.69, 9.17) is 0 Å². The highest BCUT2D eigenvalue weighted by Gasteiger charge is 2.43. The summed E-state index contributed by atoms with van der Waals surface area (Å²) in [6, 6.07) is 5.77. The fourth-order valence-electron chi connectivity index (χ4n) is 3.03. The Hall–Kier alpha value is -0.980. The Morgan fingerprint density at radius 3 is 2.74 bits per heavy atom. The number of halogens is 1. The van der Waals surface area contributed by atoms with Crippen molar-refractivity contribution < 1.29 is 12.8 Å². The van der Waals surface area contributed by atoms with Crippen molar-refractivity contribution in [2.45, 2.75) is 18.2 Å². The van der Waals surface area contributed by atoms with Crippen LogP contribution in [0.3, 0.4) is 0 Å². The van der Waals surface area contributed by atoms with Gasteiger partial charge < -0.3 is 5.32 Å². The number of rotatable bonds is 3. The quantitative estimate of drug-likeness (QED) is 0.899. The molecule has 0 aliphatic carbocycles. The third kappa shape index (κ3) is 2.52. The summed E-state index contributed by atoms with van der Waals surface area (Å²) in [7, 11) is -3.31. The lowest BCUT2D eigenvalue weighted by Gasteiger charge is -2.22. The molecule has 0 saturated carbocycles. The highest BCUT2D eigenvalue weighted by Crippen LogP contribution is 2.30. The number of fused-ring (bicyclic) bond motifs is 1. The molecule has 2 aliphatic heterocycles. The molecule has 2 saturated heterocycles. The predicted molar refractivity (Wildman–Crippen MR) is 70.5 cm³/mol. The fourth-order valence-corrected chi connectivity index (χ4v) is 4.85. The first-order chi connectivity index (χ1) is 9.06. The van der Waals surface area contributed by atoms with Crippen LogP contribution >= 0.6 is 0 Å². The molecule has 3 rings (SSSR count). The Balaban J connectivity index is 1.77. The molecule has 1 N–H and O–H groups in total. The highest BCUT2D eigenvalue weighted by atomic mass is 32.2. The van der Waals surface area contributed by atoms with Crippen LogP contribution in [-0.4, -0.2) is 38.4 Å². The van der Waals surface area contributed by atoms with Gasteiger partial charge in [-0.2, -0.15) is 4.31 Å². The maximum atomic E-state index is 12.8. The van der Waals surface area contributed by atoms with Crippen molar-refractivity contribution >= 4 is 10.0 Å². The van der Waals surface area contributed by atoms with Crippen molar-refractivity contribution in [1.29, 1.82) is 0 Å². The Morgan fingerprint density at radius 2 is 2.00 bits per heavy atom. The van der Waals surface area contributed by atoms with E-state index < -0.39 is 10.0 Å². The molecule has 2 fully saturated rings. The third-order valence-electron chi connectivity index (χ3n) is 4.01. The van der Waals surface area contributed by atoms with E-state index >= 15 is 0 Å². The minimum atomic E-state index is -3.31. The molecule has 19 heavy (non-hydrogen) atoms. The zero-order valence-electron chi connectivity index (χ0n) is 10.5. The largest absolute Gasteiger partial charge is 0.315 e. The van der Waals surface area contributed by atoms with Gasteiger partial charge >= 0.3 is 0 Å². The average molecular weight is 284 g/mol. The summed E-state index contributed by atoms with van der Waals surface area (Å²) in [5, 5.41) is 3.24. The van der Waals surface area contributed by atoms with Crippen LogP contribution in [0.5, 0.6) is 0 Å². The summed E-state index contributed by atoms with van der Waals surface area (Å²) in [6.45, 7) is 2.26. The second kappa shape index (κ2) is 4.85. The maximum Gasteiger partial charge on any atom is 0.218 e. The number of hydrogen-bond acceptors (Lipinski definition) is 3. The molecule has 0 unspecified atom stereocenters. The first-order valence-electron chi connectivity index (χ1n) is 6.51. The number of nitrogens with zero attached hydrogens (tertiary/aromatic N) is 1. The first kappa shape index (κ1) is 13.0. The van der Waals surface area contributed by atoms with Gasteiger partial charge in [0.1, 0.15) is 5.82 Å². The van der Waals surface area contributed by atoms with Crippen LogP contribution in [0, 0.1) is 11.7 Å². The van der Waals surface area contributed by atoms with Crippen LogP contribution in [0.15, 0.2) is 24.3 Å². The second-order valence-corrected chi connectivity index (χ2v) is 7.19. The Morgan fingerprint density at radius 1 is 1.26 bits per heavy atom. The molecule has 4 nitrogen and oxygen atoms in total. The van der Waals surface area contributed by atoms with E-state index in [0.717, 1.165) is 19.5 Å². The molecule has 2 heterocycles. The van der Waals surface area contributed by atoms with Gasteiger partial charge in [-0.3, -0.25) is 0 Å². The van der Waals surface area contributed by atoms with Gasteiger partial charge in [-0.15, -0.1) is 0 Å². The van der Waals surface area contributed by atoms with E-state index in [1.807, 2.05) is 0 Å². The molecule has 0 spiro atoms. The fraction of sp³-hybridized carbons (Fsp3) is 0.538. The van der Waals surface area contributed by atoms with Crippen molar-refractivity contribution in [1.82, 2.24) is 9.62 Å². The van der Waals surface area contributed by atoms with Crippen molar-refractivity contribution in [2.75, 3.05) is 19.6 Å². The van der Waals surface area contributed by atoms with Crippen LogP contribution in [-0.2, 0) is 15.8 Å². The smallest absolute Gasteiger partial charge is 0.218 e. The van der Waals surface area contributed by atoms with Crippen molar-refractivity contribution in [3.63, 3.8) is 0 Å². The number of sulfonamides is 1. The lowest BCUT2D eigenvalue weighted by molar-refractivity contribution is 0.382. The SMILES string of the molecule is O=S(=O)(Cc1ccc(F)cc1)N1CC[C@H]2CNC[C@H]21. The summed E-state index contributed by atoms with van der Waals surface area (Å²) in [4.78, 5) is 0. The molecule has 0 radical (unpaired) electrons. The third-order valence-corrected chi connectivity index (χ3v) is 5.88. The molecule has 0 bridgehead atoms. The van der Waals surface area contributed by atoms with Gasteiger partial charge in [-0.1, -0.05) is 12.1 Å². The summed E-state index contributed by atoms with van der Waals surface area (Å²) in [5.74, 6) is 0.0571.